The second-order valence-corrected chi connectivity index (χ2v) is 5.63. The molecule has 1 atom stereocenters. The van der Waals surface area contributed by atoms with Crippen molar-refractivity contribution in [3.05, 3.63) is 29.6 Å². The maximum atomic E-state index is 6.23. The largest absolute Gasteiger partial charge is 0.378 e. The van der Waals surface area contributed by atoms with E-state index in [0.717, 1.165) is 37.5 Å². The minimum absolute atomic E-state index is 0.229. The molecule has 2 N–H and O–H groups in total. The summed E-state index contributed by atoms with van der Waals surface area (Å²) in [6.45, 7) is 5.04. The van der Waals surface area contributed by atoms with Gasteiger partial charge in [-0.1, -0.05) is 13.0 Å². The molecule has 1 aliphatic carbocycles. The number of nitrogens with zero attached hydrogens (tertiary/aromatic N) is 1. The van der Waals surface area contributed by atoms with E-state index in [4.69, 9.17) is 10.5 Å². The number of aryl methyl sites for hydroxylation is 1. The summed E-state index contributed by atoms with van der Waals surface area (Å²) < 4.78 is 5.58. The third kappa shape index (κ3) is 4.29. The van der Waals surface area contributed by atoms with Crippen molar-refractivity contribution in [3.8, 4) is 0 Å². The summed E-state index contributed by atoms with van der Waals surface area (Å²) >= 11 is 0. The Balaban J connectivity index is 1.71. The van der Waals surface area contributed by atoms with Crippen LogP contribution in [-0.2, 0) is 17.6 Å². The standard InChI is InChI=1S/C16H26N2O/c1-3-12-5-6-15(18-11-12)10-14(17)7-13-8-16(9-13)19-4-2/h5-6,11,13-14,16H,3-4,7-10,17H2,1-2H3. The Morgan fingerprint density at radius 2 is 2.16 bits per heavy atom. The Bertz CT molecular complexity index is 371. The molecule has 2 rings (SSSR count). The number of aromatic nitrogens is 1. The van der Waals surface area contributed by atoms with Gasteiger partial charge in [-0.05, 0) is 50.2 Å². The fourth-order valence-corrected chi connectivity index (χ4v) is 2.80. The summed E-state index contributed by atoms with van der Waals surface area (Å²) in [6, 6.07) is 4.50. The molecule has 1 aromatic rings. The van der Waals surface area contributed by atoms with E-state index < -0.39 is 0 Å². The predicted octanol–water partition coefficient (Wildman–Crippen LogP) is 2.72. The highest BCUT2D eigenvalue weighted by Gasteiger charge is 2.30. The first-order chi connectivity index (χ1) is 9.21. The van der Waals surface area contributed by atoms with Crippen LogP contribution >= 0.6 is 0 Å². The number of pyridine rings is 1. The summed E-state index contributed by atoms with van der Waals surface area (Å²) in [5.74, 6) is 0.751. The third-order valence-corrected chi connectivity index (χ3v) is 4.00. The number of hydrogen-bond acceptors (Lipinski definition) is 3. The first-order valence-electron chi connectivity index (χ1n) is 7.52. The van der Waals surface area contributed by atoms with Crippen LogP contribution < -0.4 is 5.73 Å². The number of hydrogen-bond donors (Lipinski definition) is 1. The van der Waals surface area contributed by atoms with E-state index in [0.29, 0.717) is 6.10 Å². The minimum Gasteiger partial charge on any atom is -0.378 e. The molecular weight excluding hydrogens is 236 g/mol. The lowest BCUT2D eigenvalue weighted by atomic mass is 9.78. The highest BCUT2D eigenvalue weighted by Crippen LogP contribution is 2.33. The Labute approximate surface area is 116 Å². The van der Waals surface area contributed by atoms with Crippen molar-refractivity contribution in [2.24, 2.45) is 11.7 Å². The highest BCUT2D eigenvalue weighted by atomic mass is 16.5. The number of ether oxygens (including phenoxy) is 1. The van der Waals surface area contributed by atoms with Gasteiger partial charge < -0.3 is 10.5 Å². The van der Waals surface area contributed by atoms with Crippen LogP contribution in [0.5, 0.6) is 0 Å². The third-order valence-electron chi connectivity index (χ3n) is 4.00. The second kappa shape index (κ2) is 7.01. The molecule has 0 aromatic carbocycles. The van der Waals surface area contributed by atoms with Gasteiger partial charge in [-0.25, -0.2) is 0 Å². The Hall–Kier alpha value is -0.930. The second-order valence-electron chi connectivity index (χ2n) is 5.63. The van der Waals surface area contributed by atoms with Gasteiger partial charge in [0.25, 0.3) is 0 Å². The molecule has 1 fully saturated rings. The van der Waals surface area contributed by atoms with E-state index in [1.54, 1.807) is 0 Å². The van der Waals surface area contributed by atoms with E-state index in [-0.39, 0.29) is 6.04 Å². The molecule has 1 saturated carbocycles. The van der Waals surface area contributed by atoms with Gasteiger partial charge in [0, 0.05) is 31.0 Å². The van der Waals surface area contributed by atoms with Crippen LogP contribution in [0.1, 0.15) is 44.4 Å². The molecule has 3 heteroatoms. The maximum Gasteiger partial charge on any atom is 0.0580 e. The van der Waals surface area contributed by atoms with Crippen molar-refractivity contribution in [1.29, 1.82) is 0 Å². The van der Waals surface area contributed by atoms with E-state index in [2.05, 4.69) is 31.0 Å². The average Bonchev–Trinajstić information content (AvgIpc) is 2.37. The van der Waals surface area contributed by atoms with Gasteiger partial charge in [0.1, 0.15) is 0 Å². The minimum atomic E-state index is 0.229. The normalized spacial score (nSPS) is 23.9. The zero-order chi connectivity index (χ0) is 13.7. The summed E-state index contributed by atoms with van der Waals surface area (Å²) in [7, 11) is 0. The average molecular weight is 262 g/mol. The van der Waals surface area contributed by atoms with Gasteiger partial charge in [0.05, 0.1) is 6.10 Å². The van der Waals surface area contributed by atoms with Crippen LogP contribution in [0.2, 0.25) is 0 Å². The molecule has 0 amide bonds. The Morgan fingerprint density at radius 1 is 1.37 bits per heavy atom. The molecule has 0 aliphatic heterocycles. The van der Waals surface area contributed by atoms with Crippen LogP contribution in [0.4, 0.5) is 0 Å². The van der Waals surface area contributed by atoms with Gasteiger partial charge in [0.15, 0.2) is 0 Å². The van der Waals surface area contributed by atoms with Crippen LogP contribution in [0.15, 0.2) is 18.3 Å². The first kappa shape index (κ1) is 14.5. The van der Waals surface area contributed by atoms with E-state index in [9.17, 15) is 0 Å². The molecule has 19 heavy (non-hydrogen) atoms. The molecule has 1 aliphatic rings. The van der Waals surface area contributed by atoms with E-state index in [1.165, 1.54) is 18.4 Å². The van der Waals surface area contributed by atoms with Gasteiger partial charge in [0.2, 0.25) is 0 Å². The van der Waals surface area contributed by atoms with Crippen molar-refractivity contribution >= 4 is 0 Å². The lowest BCUT2D eigenvalue weighted by Crippen LogP contribution is -2.36. The quantitative estimate of drug-likeness (QED) is 0.822. The Kier molecular flexibility index (Phi) is 5.34. The lowest BCUT2D eigenvalue weighted by Gasteiger charge is -2.36. The zero-order valence-corrected chi connectivity index (χ0v) is 12.1. The van der Waals surface area contributed by atoms with Crippen LogP contribution in [0.3, 0.4) is 0 Å². The summed E-state index contributed by atoms with van der Waals surface area (Å²) in [6.07, 6.45) is 7.86. The maximum absolute atomic E-state index is 6.23. The fraction of sp³-hybridized carbons (Fsp3) is 0.688. The predicted molar refractivity (Wildman–Crippen MR) is 78.0 cm³/mol. The van der Waals surface area contributed by atoms with Crippen molar-refractivity contribution in [2.45, 2.75) is 58.1 Å². The van der Waals surface area contributed by atoms with E-state index in [1.807, 2.05) is 6.20 Å². The summed E-state index contributed by atoms with van der Waals surface area (Å²) in [4.78, 5) is 4.48. The van der Waals surface area contributed by atoms with Gasteiger partial charge in [-0.3, -0.25) is 4.98 Å². The zero-order valence-electron chi connectivity index (χ0n) is 12.1. The molecule has 0 radical (unpaired) electrons. The SMILES string of the molecule is CCOC1CC(CC(N)Cc2ccc(CC)cn2)C1. The monoisotopic (exact) mass is 262 g/mol. The van der Waals surface area contributed by atoms with Crippen LogP contribution in [0.25, 0.3) is 0 Å². The lowest BCUT2D eigenvalue weighted by molar-refractivity contribution is -0.0281. The molecule has 1 unspecified atom stereocenters. The first-order valence-corrected chi connectivity index (χ1v) is 7.52. The van der Waals surface area contributed by atoms with Crippen LogP contribution in [0, 0.1) is 5.92 Å². The fourth-order valence-electron chi connectivity index (χ4n) is 2.80. The van der Waals surface area contributed by atoms with Gasteiger partial charge >= 0.3 is 0 Å². The smallest absolute Gasteiger partial charge is 0.0580 e. The molecule has 106 valence electrons. The van der Waals surface area contributed by atoms with Crippen LogP contribution in [-0.4, -0.2) is 23.7 Å². The number of rotatable bonds is 7. The van der Waals surface area contributed by atoms with Crippen molar-refractivity contribution in [3.63, 3.8) is 0 Å². The Morgan fingerprint density at radius 3 is 2.74 bits per heavy atom. The van der Waals surface area contributed by atoms with Crippen molar-refractivity contribution in [2.75, 3.05) is 6.61 Å². The summed E-state index contributed by atoms with van der Waals surface area (Å²) in [5.41, 5.74) is 8.63. The van der Waals surface area contributed by atoms with Gasteiger partial charge in [-0.15, -0.1) is 0 Å². The van der Waals surface area contributed by atoms with Crippen molar-refractivity contribution < 1.29 is 4.74 Å². The molecule has 1 aromatic heterocycles. The molecule has 1 heterocycles. The number of nitrogens with two attached hydrogens (primary N) is 1. The topological polar surface area (TPSA) is 48.1 Å². The molecular formula is C16H26N2O. The highest BCUT2D eigenvalue weighted by molar-refractivity contribution is 5.14. The molecule has 3 nitrogen and oxygen atoms in total. The molecule has 0 saturated heterocycles. The molecule has 0 spiro atoms. The van der Waals surface area contributed by atoms with E-state index >= 15 is 0 Å². The summed E-state index contributed by atoms with van der Waals surface area (Å²) in [5, 5.41) is 0. The van der Waals surface area contributed by atoms with Gasteiger partial charge in [-0.2, -0.15) is 0 Å². The molecule has 0 bridgehead atoms. The van der Waals surface area contributed by atoms with Crippen molar-refractivity contribution in [1.82, 2.24) is 4.98 Å².